The SMILES string of the molecule is O=C(Cc1ccc(-c2ccccc2)cc1)NCCc1nc(C2CC2)no1. The number of nitrogens with zero attached hydrogens (tertiary/aromatic N) is 2. The lowest BCUT2D eigenvalue weighted by Gasteiger charge is -2.06. The Morgan fingerprint density at radius 3 is 2.50 bits per heavy atom. The number of hydrogen-bond acceptors (Lipinski definition) is 4. The first-order valence-electron chi connectivity index (χ1n) is 9.01. The molecular weight excluding hydrogens is 326 g/mol. The molecule has 4 rings (SSSR count). The Kier molecular flexibility index (Phi) is 4.78. The van der Waals surface area contributed by atoms with E-state index in [2.05, 4.69) is 39.7 Å². The Bertz CT molecular complexity index is 868. The van der Waals surface area contributed by atoms with Gasteiger partial charge in [-0.1, -0.05) is 59.8 Å². The highest BCUT2D eigenvalue weighted by molar-refractivity contribution is 5.78. The maximum atomic E-state index is 12.1. The van der Waals surface area contributed by atoms with Crippen LogP contribution in [0.25, 0.3) is 11.1 Å². The fraction of sp³-hybridized carbons (Fsp3) is 0.286. The number of rotatable bonds is 7. The summed E-state index contributed by atoms with van der Waals surface area (Å²) in [6.07, 6.45) is 3.24. The average Bonchev–Trinajstić information content (AvgIpc) is 3.42. The normalized spacial score (nSPS) is 13.5. The third kappa shape index (κ3) is 4.17. The van der Waals surface area contributed by atoms with Crippen LogP contribution in [0.3, 0.4) is 0 Å². The van der Waals surface area contributed by atoms with E-state index in [4.69, 9.17) is 4.52 Å². The zero-order chi connectivity index (χ0) is 17.8. The number of benzene rings is 2. The van der Waals surface area contributed by atoms with Crippen molar-refractivity contribution in [3.63, 3.8) is 0 Å². The quantitative estimate of drug-likeness (QED) is 0.710. The lowest BCUT2D eigenvalue weighted by Crippen LogP contribution is -2.27. The first-order valence-corrected chi connectivity index (χ1v) is 9.01. The second kappa shape index (κ2) is 7.52. The minimum absolute atomic E-state index is 0.000562. The minimum atomic E-state index is -0.000562. The summed E-state index contributed by atoms with van der Waals surface area (Å²) in [5.41, 5.74) is 3.32. The molecule has 1 aliphatic rings. The molecule has 2 aromatic carbocycles. The maximum absolute atomic E-state index is 12.1. The van der Waals surface area contributed by atoms with E-state index in [0.717, 1.165) is 29.8 Å². The van der Waals surface area contributed by atoms with Gasteiger partial charge in [0.2, 0.25) is 11.8 Å². The highest BCUT2D eigenvalue weighted by atomic mass is 16.5. The van der Waals surface area contributed by atoms with Gasteiger partial charge in [0.1, 0.15) is 0 Å². The lowest BCUT2D eigenvalue weighted by molar-refractivity contribution is -0.120. The highest BCUT2D eigenvalue weighted by Gasteiger charge is 2.28. The Labute approximate surface area is 152 Å². The van der Waals surface area contributed by atoms with Gasteiger partial charge in [-0.15, -0.1) is 0 Å². The molecule has 1 heterocycles. The fourth-order valence-electron chi connectivity index (χ4n) is 2.88. The molecule has 0 saturated heterocycles. The number of carbonyl (C=O) groups excluding carboxylic acids is 1. The van der Waals surface area contributed by atoms with E-state index in [1.165, 1.54) is 5.56 Å². The smallest absolute Gasteiger partial charge is 0.228 e. The first-order chi connectivity index (χ1) is 12.8. The molecule has 5 nitrogen and oxygen atoms in total. The van der Waals surface area contributed by atoms with E-state index in [-0.39, 0.29) is 5.91 Å². The number of amides is 1. The van der Waals surface area contributed by atoms with Crippen molar-refractivity contribution in [2.24, 2.45) is 0 Å². The molecule has 132 valence electrons. The molecule has 0 radical (unpaired) electrons. The molecule has 5 heteroatoms. The Morgan fingerprint density at radius 2 is 1.77 bits per heavy atom. The molecule has 0 unspecified atom stereocenters. The van der Waals surface area contributed by atoms with Crippen LogP contribution in [0.1, 0.15) is 36.0 Å². The van der Waals surface area contributed by atoms with Gasteiger partial charge in [-0.3, -0.25) is 4.79 Å². The van der Waals surface area contributed by atoms with Gasteiger partial charge in [-0.05, 0) is 29.5 Å². The van der Waals surface area contributed by atoms with E-state index in [1.807, 2.05) is 30.3 Å². The van der Waals surface area contributed by atoms with Crippen molar-refractivity contribution in [2.45, 2.75) is 31.6 Å². The summed E-state index contributed by atoms with van der Waals surface area (Å²) >= 11 is 0. The summed E-state index contributed by atoms with van der Waals surface area (Å²) in [5, 5.41) is 6.89. The van der Waals surface area contributed by atoms with Gasteiger partial charge in [0, 0.05) is 18.9 Å². The van der Waals surface area contributed by atoms with Crippen molar-refractivity contribution in [1.29, 1.82) is 0 Å². The maximum Gasteiger partial charge on any atom is 0.228 e. The molecule has 0 atom stereocenters. The number of hydrogen-bond donors (Lipinski definition) is 1. The second-order valence-electron chi connectivity index (χ2n) is 6.66. The molecule has 1 fully saturated rings. The molecule has 0 aliphatic heterocycles. The van der Waals surface area contributed by atoms with Crippen molar-refractivity contribution in [1.82, 2.24) is 15.5 Å². The van der Waals surface area contributed by atoms with Crippen molar-refractivity contribution >= 4 is 5.91 Å². The van der Waals surface area contributed by atoms with Gasteiger partial charge in [0.25, 0.3) is 0 Å². The van der Waals surface area contributed by atoms with Crippen LogP contribution in [0, 0.1) is 0 Å². The topological polar surface area (TPSA) is 68.0 Å². The van der Waals surface area contributed by atoms with Gasteiger partial charge in [-0.2, -0.15) is 4.98 Å². The molecule has 3 aromatic rings. The third-order valence-corrected chi connectivity index (χ3v) is 4.51. The van der Waals surface area contributed by atoms with Gasteiger partial charge in [0.15, 0.2) is 5.82 Å². The van der Waals surface area contributed by atoms with Gasteiger partial charge >= 0.3 is 0 Å². The van der Waals surface area contributed by atoms with E-state index in [0.29, 0.717) is 31.2 Å². The summed E-state index contributed by atoms with van der Waals surface area (Å²) in [6.45, 7) is 0.507. The van der Waals surface area contributed by atoms with Crippen LogP contribution in [-0.4, -0.2) is 22.6 Å². The van der Waals surface area contributed by atoms with Crippen LogP contribution in [0.2, 0.25) is 0 Å². The van der Waals surface area contributed by atoms with E-state index >= 15 is 0 Å². The standard InChI is InChI=1S/C21H21N3O2/c25-19(22-13-12-20-23-21(24-26-20)18-10-11-18)14-15-6-8-17(9-7-15)16-4-2-1-3-5-16/h1-9,18H,10-14H2,(H,22,25). The molecule has 1 N–H and O–H groups in total. The number of carbonyl (C=O) groups is 1. The molecular formula is C21H21N3O2. The molecule has 1 saturated carbocycles. The molecule has 26 heavy (non-hydrogen) atoms. The fourth-order valence-corrected chi connectivity index (χ4v) is 2.88. The van der Waals surface area contributed by atoms with Gasteiger partial charge in [-0.25, -0.2) is 0 Å². The monoisotopic (exact) mass is 347 g/mol. The summed E-state index contributed by atoms with van der Waals surface area (Å²) in [7, 11) is 0. The van der Waals surface area contributed by atoms with Crippen LogP contribution in [0.15, 0.2) is 59.1 Å². The first kappa shape index (κ1) is 16.5. The molecule has 1 aliphatic carbocycles. The van der Waals surface area contributed by atoms with Crippen molar-refractivity contribution in [2.75, 3.05) is 6.54 Å². The summed E-state index contributed by atoms with van der Waals surface area (Å²) in [6, 6.07) is 18.3. The average molecular weight is 347 g/mol. The van der Waals surface area contributed by atoms with Crippen molar-refractivity contribution in [3.05, 3.63) is 71.9 Å². The molecule has 0 bridgehead atoms. The predicted molar refractivity (Wildman–Crippen MR) is 98.6 cm³/mol. The summed E-state index contributed by atoms with van der Waals surface area (Å²) in [5.74, 6) is 1.89. The molecule has 1 aromatic heterocycles. The zero-order valence-corrected chi connectivity index (χ0v) is 14.5. The minimum Gasteiger partial charge on any atom is -0.355 e. The lowest BCUT2D eigenvalue weighted by atomic mass is 10.0. The molecule has 1 amide bonds. The van der Waals surface area contributed by atoms with E-state index < -0.39 is 0 Å². The predicted octanol–water partition coefficient (Wildman–Crippen LogP) is 3.52. The van der Waals surface area contributed by atoms with Crippen LogP contribution >= 0.6 is 0 Å². The third-order valence-electron chi connectivity index (χ3n) is 4.51. The Hall–Kier alpha value is -2.95. The summed E-state index contributed by atoms with van der Waals surface area (Å²) in [4.78, 5) is 16.5. The van der Waals surface area contributed by atoms with Crippen LogP contribution in [-0.2, 0) is 17.6 Å². The Balaban J connectivity index is 1.25. The van der Waals surface area contributed by atoms with Gasteiger partial charge in [0.05, 0.1) is 6.42 Å². The van der Waals surface area contributed by atoms with E-state index in [9.17, 15) is 4.79 Å². The largest absolute Gasteiger partial charge is 0.355 e. The number of nitrogens with one attached hydrogen (secondary N) is 1. The van der Waals surface area contributed by atoms with Gasteiger partial charge < -0.3 is 9.84 Å². The van der Waals surface area contributed by atoms with E-state index in [1.54, 1.807) is 0 Å². The van der Waals surface area contributed by atoms with Crippen LogP contribution < -0.4 is 5.32 Å². The van der Waals surface area contributed by atoms with Crippen LogP contribution in [0.4, 0.5) is 0 Å². The molecule has 0 spiro atoms. The number of aromatic nitrogens is 2. The highest BCUT2D eigenvalue weighted by Crippen LogP contribution is 2.38. The second-order valence-corrected chi connectivity index (χ2v) is 6.66. The Morgan fingerprint density at radius 1 is 1.04 bits per heavy atom. The zero-order valence-electron chi connectivity index (χ0n) is 14.5. The van der Waals surface area contributed by atoms with Crippen LogP contribution in [0.5, 0.6) is 0 Å². The van der Waals surface area contributed by atoms with Crippen molar-refractivity contribution < 1.29 is 9.32 Å². The van der Waals surface area contributed by atoms with Crippen molar-refractivity contribution in [3.8, 4) is 11.1 Å². The summed E-state index contributed by atoms with van der Waals surface area (Å²) < 4.78 is 5.21.